The monoisotopic (exact) mass is 422 g/mol. The number of rotatable bonds is 0. The van der Waals surface area contributed by atoms with E-state index in [0.29, 0.717) is 25.0 Å². The molecule has 2 saturated carbocycles. The van der Waals surface area contributed by atoms with Gasteiger partial charge in [0.25, 0.3) is 0 Å². The van der Waals surface area contributed by atoms with Gasteiger partial charge >= 0.3 is 0 Å². The Morgan fingerprint density at radius 2 is 2.06 bits per heavy atom. The van der Waals surface area contributed by atoms with Crippen molar-refractivity contribution >= 4 is 11.5 Å². The summed E-state index contributed by atoms with van der Waals surface area (Å²) < 4.78 is 28.5. The Balaban J connectivity index is 1.40. The van der Waals surface area contributed by atoms with Gasteiger partial charge in [-0.2, -0.15) is 5.10 Å². The van der Waals surface area contributed by atoms with Crippen LogP contribution in [0.1, 0.15) is 43.2 Å². The fourth-order valence-electron chi connectivity index (χ4n) is 5.37. The van der Waals surface area contributed by atoms with Gasteiger partial charge in [-0.05, 0) is 38.2 Å². The molecule has 8 nitrogen and oxygen atoms in total. The molecule has 0 saturated heterocycles. The lowest BCUT2D eigenvalue weighted by Crippen LogP contribution is -2.48. The number of anilines is 1. The maximum atomic E-state index is 14.2. The molecular formula is C22H23FN6O2. The van der Waals surface area contributed by atoms with Gasteiger partial charge in [0.2, 0.25) is 5.88 Å². The number of aromatic nitrogens is 4. The van der Waals surface area contributed by atoms with Crippen LogP contribution in [0, 0.1) is 5.82 Å². The lowest BCUT2D eigenvalue weighted by atomic mass is 9.89. The zero-order chi connectivity index (χ0) is 20.5. The first kappa shape index (κ1) is 17.7. The van der Waals surface area contributed by atoms with Crippen molar-refractivity contribution in [2.24, 2.45) is 0 Å². The summed E-state index contributed by atoms with van der Waals surface area (Å²) in [6.45, 7) is 1.19. The van der Waals surface area contributed by atoms with Crippen LogP contribution >= 0.6 is 0 Å². The van der Waals surface area contributed by atoms with E-state index in [1.54, 1.807) is 10.6 Å². The molecule has 3 aromatic rings. The van der Waals surface area contributed by atoms with Crippen LogP contribution in [0.3, 0.4) is 0 Å². The summed E-state index contributed by atoms with van der Waals surface area (Å²) >= 11 is 0. The average Bonchev–Trinajstić information content (AvgIpc) is 3.35. The van der Waals surface area contributed by atoms with Crippen LogP contribution in [0.2, 0.25) is 0 Å². The van der Waals surface area contributed by atoms with Gasteiger partial charge in [0, 0.05) is 23.7 Å². The lowest BCUT2D eigenvalue weighted by Gasteiger charge is -2.40. The summed E-state index contributed by atoms with van der Waals surface area (Å²) in [5.41, 5.74) is 2.64. The van der Waals surface area contributed by atoms with Crippen molar-refractivity contribution in [3.05, 3.63) is 41.6 Å². The van der Waals surface area contributed by atoms with Crippen LogP contribution in [-0.4, -0.2) is 43.9 Å². The molecule has 160 valence electrons. The summed E-state index contributed by atoms with van der Waals surface area (Å²) in [6, 6.07) is 2.12. The van der Waals surface area contributed by atoms with Crippen LogP contribution in [0.25, 0.3) is 5.65 Å². The van der Waals surface area contributed by atoms with E-state index in [1.165, 1.54) is 6.20 Å². The third-order valence-electron chi connectivity index (χ3n) is 7.07. The summed E-state index contributed by atoms with van der Waals surface area (Å²) in [5.74, 6) is 1.68. The van der Waals surface area contributed by atoms with Crippen molar-refractivity contribution in [2.75, 3.05) is 4.90 Å². The van der Waals surface area contributed by atoms with E-state index in [9.17, 15) is 4.39 Å². The van der Waals surface area contributed by atoms with E-state index in [0.717, 1.165) is 60.4 Å². The highest BCUT2D eigenvalue weighted by Crippen LogP contribution is 2.42. The lowest BCUT2D eigenvalue weighted by molar-refractivity contribution is 0.0784. The van der Waals surface area contributed by atoms with Gasteiger partial charge in [0.05, 0.1) is 31.2 Å². The largest absolute Gasteiger partial charge is 0.483 e. The molecule has 2 aliphatic carbocycles. The van der Waals surface area contributed by atoms with E-state index in [2.05, 4.69) is 20.3 Å². The van der Waals surface area contributed by atoms with Crippen LogP contribution in [-0.2, 0) is 13.1 Å². The first-order valence-corrected chi connectivity index (χ1v) is 11.1. The molecule has 2 atom stereocenters. The smallest absolute Gasteiger partial charge is 0.218 e. The third kappa shape index (κ3) is 2.79. The average molecular weight is 422 g/mol. The molecule has 1 N–H and O–H groups in total. The van der Waals surface area contributed by atoms with Gasteiger partial charge < -0.3 is 19.7 Å². The minimum absolute atomic E-state index is 0.0970. The van der Waals surface area contributed by atoms with Crippen molar-refractivity contribution in [3.8, 4) is 11.6 Å². The van der Waals surface area contributed by atoms with Crippen molar-refractivity contribution in [2.45, 2.75) is 69.5 Å². The Bertz CT molecular complexity index is 1180. The maximum Gasteiger partial charge on any atom is 0.218 e. The molecule has 0 spiro atoms. The van der Waals surface area contributed by atoms with E-state index in [1.807, 2.05) is 12.4 Å². The Morgan fingerprint density at radius 3 is 3.00 bits per heavy atom. The minimum atomic E-state index is -0.352. The van der Waals surface area contributed by atoms with Crippen molar-refractivity contribution in [1.29, 1.82) is 0 Å². The molecule has 31 heavy (non-hydrogen) atoms. The van der Waals surface area contributed by atoms with Gasteiger partial charge in [-0.25, -0.2) is 18.9 Å². The normalized spacial score (nSPS) is 28.9. The summed E-state index contributed by atoms with van der Waals surface area (Å²) in [7, 11) is 0. The molecule has 4 bridgehead atoms. The van der Waals surface area contributed by atoms with Crippen molar-refractivity contribution < 1.29 is 13.9 Å². The molecule has 9 heteroatoms. The van der Waals surface area contributed by atoms with Gasteiger partial charge in [-0.1, -0.05) is 0 Å². The molecule has 3 aromatic heterocycles. The quantitative estimate of drug-likeness (QED) is 0.597. The van der Waals surface area contributed by atoms with E-state index >= 15 is 0 Å². The molecule has 0 radical (unpaired) electrons. The topological polar surface area (TPSA) is 76.8 Å². The number of ether oxygens (including phenoxy) is 2. The number of fused-ring (bicyclic) bond motifs is 2. The Hall–Kier alpha value is -2.94. The summed E-state index contributed by atoms with van der Waals surface area (Å²) in [5, 5.41) is 8.09. The van der Waals surface area contributed by atoms with E-state index in [4.69, 9.17) is 14.5 Å². The second-order valence-electron chi connectivity index (χ2n) is 9.06. The molecule has 5 aliphatic rings. The van der Waals surface area contributed by atoms with Crippen LogP contribution in [0.5, 0.6) is 11.6 Å². The van der Waals surface area contributed by atoms with Crippen LogP contribution in [0.15, 0.2) is 24.7 Å². The zero-order valence-corrected chi connectivity index (χ0v) is 17.0. The fraction of sp³-hybridized carbons (Fsp3) is 0.500. The second-order valence-corrected chi connectivity index (χ2v) is 9.06. The van der Waals surface area contributed by atoms with Crippen molar-refractivity contribution in [3.63, 3.8) is 0 Å². The molecule has 0 amide bonds. The Labute approximate surface area is 178 Å². The van der Waals surface area contributed by atoms with E-state index in [-0.39, 0.29) is 24.1 Å². The minimum Gasteiger partial charge on any atom is -0.483 e. The molecule has 0 aromatic carbocycles. The predicted octanol–water partition coefficient (Wildman–Crippen LogP) is 2.60. The third-order valence-corrected chi connectivity index (χ3v) is 7.07. The predicted molar refractivity (Wildman–Crippen MR) is 110 cm³/mol. The Morgan fingerprint density at radius 1 is 1.13 bits per heavy atom. The zero-order valence-electron chi connectivity index (χ0n) is 17.0. The van der Waals surface area contributed by atoms with Crippen LogP contribution in [0.4, 0.5) is 10.2 Å². The fourth-order valence-corrected chi connectivity index (χ4v) is 5.37. The highest BCUT2D eigenvalue weighted by Gasteiger charge is 2.41. The molecular weight excluding hydrogens is 399 g/mol. The Kier molecular flexibility index (Phi) is 3.73. The summed E-state index contributed by atoms with van der Waals surface area (Å²) in [6.07, 6.45) is 10.2. The molecule has 8 rings (SSSR count). The molecule has 2 fully saturated rings. The van der Waals surface area contributed by atoms with Gasteiger partial charge in [0.1, 0.15) is 18.0 Å². The number of nitrogens with zero attached hydrogens (tertiary/aromatic N) is 5. The van der Waals surface area contributed by atoms with Crippen molar-refractivity contribution in [1.82, 2.24) is 24.9 Å². The number of halogens is 1. The molecule has 3 aliphatic heterocycles. The SMILES string of the molecule is Fc1cnc2c(c1)CN1c3nc4c(cnn4cc3O[C@H]3CCC[C@H]31)CNC1CC(C1)O2. The number of nitrogens with one attached hydrogen (secondary N) is 1. The highest BCUT2D eigenvalue weighted by molar-refractivity contribution is 5.62. The first-order valence-electron chi connectivity index (χ1n) is 11.1. The number of pyridine rings is 1. The molecule has 0 unspecified atom stereocenters. The van der Waals surface area contributed by atoms with Gasteiger partial charge in [-0.15, -0.1) is 0 Å². The number of hydrogen-bond donors (Lipinski definition) is 1. The van der Waals surface area contributed by atoms with E-state index < -0.39 is 0 Å². The highest BCUT2D eigenvalue weighted by atomic mass is 19.1. The standard InChI is InChI=1S/C22H23FN6O2/c23-14-4-12-10-28-17-2-1-3-18(17)31-19-11-29-20(27-21(19)28)13(8-26-29)7-24-15-5-16(6-15)30-22(12)25-9-14/h4,8-9,11,15-18,24H,1-3,5-7,10H2/t15?,16?,17-,18+/m1/s1. The second kappa shape index (κ2) is 6.53. The molecule has 6 heterocycles. The number of hydrogen-bond acceptors (Lipinski definition) is 7. The van der Waals surface area contributed by atoms with Gasteiger partial charge in [-0.3, -0.25) is 0 Å². The summed E-state index contributed by atoms with van der Waals surface area (Å²) in [4.78, 5) is 11.6. The van der Waals surface area contributed by atoms with Crippen LogP contribution < -0.4 is 19.7 Å². The van der Waals surface area contributed by atoms with Gasteiger partial charge in [0.15, 0.2) is 17.2 Å². The first-order chi connectivity index (χ1) is 15.2. The maximum absolute atomic E-state index is 14.2.